The van der Waals surface area contributed by atoms with Gasteiger partial charge in [0, 0.05) is 18.0 Å². The number of carbonyl (C=O) groups excluding carboxylic acids is 1. The van der Waals surface area contributed by atoms with Crippen LogP contribution in [0.2, 0.25) is 0 Å². The van der Waals surface area contributed by atoms with Crippen LogP contribution in [0.1, 0.15) is 29.3 Å². The van der Waals surface area contributed by atoms with Crippen molar-refractivity contribution in [2.45, 2.75) is 13.3 Å². The number of ether oxygens (including phenoxy) is 2. The van der Waals surface area contributed by atoms with Crippen LogP contribution in [0, 0.1) is 0 Å². The average molecular weight is 311 g/mol. The standard InChI is InChI=1S/C17H17N3O3/c1-2-14(19-20-17(21)13-4-3-7-18-11-13)12-5-6-15-16(10-12)23-9-8-22-15/h3-7,10-11H,2,8-9H2,1H3,(H,20,21)/b19-14+. The number of fused-ring (bicyclic) bond motifs is 1. The molecule has 1 aliphatic rings. The van der Waals surface area contributed by atoms with E-state index in [-0.39, 0.29) is 5.91 Å². The van der Waals surface area contributed by atoms with Crippen molar-refractivity contribution in [2.75, 3.05) is 13.2 Å². The Morgan fingerprint density at radius 3 is 2.78 bits per heavy atom. The maximum atomic E-state index is 12.0. The Morgan fingerprint density at radius 1 is 1.22 bits per heavy atom. The lowest BCUT2D eigenvalue weighted by Crippen LogP contribution is -2.20. The number of amides is 1. The normalized spacial score (nSPS) is 13.5. The minimum Gasteiger partial charge on any atom is -0.486 e. The van der Waals surface area contributed by atoms with Crippen molar-refractivity contribution in [3.05, 3.63) is 53.9 Å². The minimum atomic E-state index is -0.290. The highest BCUT2D eigenvalue weighted by Gasteiger charge is 2.14. The molecule has 0 atom stereocenters. The Bertz CT molecular complexity index is 729. The van der Waals surface area contributed by atoms with Crippen molar-refractivity contribution in [3.63, 3.8) is 0 Å². The highest BCUT2D eigenvalue weighted by molar-refractivity contribution is 6.02. The molecule has 1 N–H and O–H groups in total. The Balaban J connectivity index is 1.78. The van der Waals surface area contributed by atoms with E-state index in [2.05, 4.69) is 15.5 Å². The fourth-order valence-electron chi connectivity index (χ4n) is 2.25. The van der Waals surface area contributed by atoms with Crippen LogP contribution in [0.5, 0.6) is 11.5 Å². The molecule has 0 spiro atoms. The summed E-state index contributed by atoms with van der Waals surface area (Å²) in [4.78, 5) is 15.9. The first kappa shape index (κ1) is 15.0. The molecule has 23 heavy (non-hydrogen) atoms. The minimum absolute atomic E-state index is 0.290. The molecule has 1 aliphatic heterocycles. The number of hydrazone groups is 1. The maximum absolute atomic E-state index is 12.0. The third kappa shape index (κ3) is 3.48. The van der Waals surface area contributed by atoms with Gasteiger partial charge in [-0.05, 0) is 36.8 Å². The Morgan fingerprint density at radius 2 is 2.04 bits per heavy atom. The molecule has 0 fully saturated rings. The predicted molar refractivity (Wildman–Crippen MR) is 86.0 cm³/mol. The summed E-state index contributed by atoms with van der Waals surface area (Å²) in [5, 5.41) is 4.23. The molecular weight excluding hydrogens is 294 g/mol. The fourth-order valence-corrected chi connectivity index (χ4v) is 2.25. The highest BCUT2D eigenvalue weighted by atomic mass is 16.6. The molecule has 0 unspecified atom stereocenters. The number of benzene rings is 1. The summed E-state index contributed by atoms with van der Waals surface area (Å²) in [6, 6.07) is 9.05. The van der Waals surface area contributed by atoms with E-state index >= 15 is 0 Å². The third-order valence-corrected chi connectivity index (χ3v) is 3.43. The molecule has 0 saturated carbocycles. The number of hydrogen-bond acceptors (Lipinski definition) is 5. The van der Waals surface area contributed by atoms with E-state index in [1.807, 2.05) is 25.1 Å². The lowest BCUT2D eigenvalue weighted by molar-refractivity contribution is 0.0954. The van der Waals surface area contributed by atoms with Gasteiger partial charge >= 0.3 is 0 Å². The molecule has 6 nitrogen and oxygen atoms in total. The molecule has 0 saturated heterocycles. The molecular formula is C17H17N3O3. The first-order valence-corrected chi connectivity index (χ1v) is 7.45. The number of carbonyl (C=O) groups is 1. The molecule has 0 bridgehead atoms. The van der Waals surface area contributed by atoms with Gasteiger partial charge in [0.05, 0.1) is 11.3 Å². The molecule has 1 amide bonds. The molecule has 2 heterocycles. The first-order valence-electron chi connectivity index (χ1n) is 7.45. The van der Waals surface area contributed by atoms with Gasteiger partial charge in [-0.1, -0.05) is 6.92 Å². The van der Waals surface area contributed by atoms with E-state index in [0.29, 0.717) is 30.9 Å². The number of hydrogen-bond donors (Lipinski definition) is 1. The van der Waals surface area contributed by atoms with Crippen LogP contribution in [-0.2, 0) is 0 Å². The molecule has 118 valence electrons. The monoisotopic (exact) mass is 311 g/mol. The van der Waals surface area contributed by atoms with Crippen molar-refractivity contribution < 1.29 is 14.3 Å². The van der Waals surface area contributed by atoms with Gasteiger partial charge < -0.3 is 9.47 Å². The topological polar surface area (TPSA) is 72.8 Å². The van der Waals surface area contributed by atoms with E-state index in [9.17, 15) is 4.79 Å². The van der Waals surface area contributed by atoms with Crippen LogP contribution in [0.15, 0.2) is 47.8 Å². The summed E-state index contributed by atoms with van der Waals surface area (Å²) >= 11 is 0. The van der Waals surface area contributed by atoms with Crippen LogP contribution in [0.25, 0.3) is 0 Å². The van der Waals surface area contributed by atoms with E-state index in [1.165, 1.54) is 6.20 Å². The van der Waals surface area contributed by atoms with Gasteiger partial charge in [-0.3, -0.25) is 9.78 Å². The van der Waals surface area contributed by atoms with Crippen LogP contribution >= 0.6 is 0 Å². The van der Waals surface area contributed by atoms with Crippen LogP contribution in [-0.4, -0.2) is 29.8 Å². The van der Waals surface area contributed by atoms with Gasteiger partial charge in [0.2, 0.25) is 0 Å². The van der Waals surface area contributed by atoms with Crippen LogP contribution in [0.3, 0.4) is 0 Å². The number of pyridine rings is 1. The van der Waals surface area contributed by atoms with E-state index in [1.54, 1.807) is 18.3 Å². The number of nitrogens with zero attached hydrogens (tertiary/aromatic N) is 2. The summed E-state index contributed by atoms with van der Waals surface area (Å²) in [5.41, 5.74) is 4.69. The smallest absolute Gasteiger partial charge is 0.272 e. The molecule has 1 aromatic carbocycles. The fraction of sp³-hybridized carbons (Fsp3) is 0.235. The second-order valence-electron chi connectivity index (χ2n) is 4.95. The van der Waals surface area contributed by atoms with Gasteiger partial charge in [0.1, 0.15) is 13.2 Å². The zero-order chi connectivity index (χ0) is 16.1. The Kier molecular flexibility index (Phi) is 4.52. The molecule has 0 aliphatic carbocycles. The zero-order valence-electron chi connectivity index (χ0n) is 12.8. The number of nitrogens with one attached hydrogen (secondary N) is 1. The first-order chi connectivity index (χ1) is 11.3. The third-order valence-electron chi connectivity index (χ3n) is 3.43. The highest BCUT2D eigenvalue weighted by Crippen LogP contribution is 2.31. The maximum Gasteiger partial charge on any atom is 0.272 e. The zero-order valence-corrected chi connectivity index (χ0v) is 12.8. The van der Waals surface area contributed by atoms with Crippen molar-refractivity contribution in [1.82, 2.24) is 10.4 Å². The SMILES string of the molecule is CC/C(=N\NC(=O)c1cccnc1)c1ccc2c(c1)OCCO2. The second kappa shape index (κ2) is 6.91. The van der Waals surface area contributed by atoms with E-state index in [0.717, 1.165) is 17.0 Å². The van der Waals surface area contributed by atoms with Crippen LogP contribution < -0.4 is 14.9 Å². The molecule has 0 radical (unpaired) electrons. The summed E-state index contributed by atoms with van der Waals surface area (Å²) in [7, 11) is 0. The van der Waals surface area contributed by atoms with Crippen molar-refractivity contribution in [1.29, 1.82) is 0 Å². The van der Waals surface area contributed by atoms with Gasteiger partial charge in [0.15, 0.2) is 11.5 Å². The van der Waals surface area contributed by atoms with Gasteiger partial charge in [-0.15, -0.1) is 0 Å². The Labute approximate surface area is 134 Å². The number of aromatic nitrogens is 1. The second-order valence-corrected chi connectivity index (χ2v) is 4.95. The van der Waals surface area contributed by atoms with Crippen molar-refractivity contribution in [3.8, 4) is 11.5 Å². The molecule has 6 heteroatoms. The lowest BCUT2D eigenvalue weighted by Gasteiger charge is -2.19. The van der Waals surface area contributed by atoms with Crippen molar-refractivity contribution >= 4 is 11.6 Å². The van der Waals surface area contributed by atoms with E-state index in [4.69, 9.17) is 9.47 Å². The largest absolute Gasteiger partial charge is 0.486 e. The van der Waals surface area contributed by atoms with Crippen molar-refractivity contribution in [2.24, 2.45) is 5.10 Å². The van der Waals surface area contributed by atoms with Crippen LogP contribution in [0.4, 0.5) is 0 Å². The van der Waals surface area contributed by atoms with Gasteiger partial charge in [-0.25, -0.2) is 5.43 Å². The predicted octanol–water partition coefficient (Wildman–Crippen LogP) is 2.40. The van der Waals surface area contributed by atoms with Gasteiger partial charge in [-0.2, -0.15) is 5.10 Å². The molecule has 2 aromatic rings. The average Bonchev–Trinajstić information content (AvgIpc) is 2.62. The summed E-state index contributed by atoms with van der Waals surface area (Å²) in [6.07, 6.45) is 3.79. The quantitative estimate of drug-likeness (QED) is 0.695. The van der Waals surface area contributed by atoms with E-state index < -0.39 is 0 Å². The van der Waals surface area contributed by atoms with Gasteiger partial charge in [0.25, 0.3) is 5.91 Å². The molecule has 1 aromatic heterocycles. The Hall–Kier alpha value is -2.89. The molecule has 3 rings (SSSR count). The lowest BCUT2D eigenvalue weighted by atomic mass is 10.1. The summed E-state index contributed by atoms with van der Waals surface area (Å²) in [6.45, 7) is 3.07. The number of rotatable bonds is 4. The summed E-state index contributed by atoms with van der Waals surface area (Å²) in [5.74, 6) is 1.14. The summed E-state index contributed by atoms with van der Waals surface area (Å²) < 4.78 is 11.1.